The minimum Gasteiger partial charge on any atom is -0.497 e. The Bertz CT molecular complexity index is 1000. The second kappa shape index (κ2) is 14.2. The zero-order valence-electron chi connectivity index (χ0n) is 22.3. The molecular formula is C28H39N3O6. The van der Waals surface area contributed by atoms with E-state index in [1.807, 2.05) is 13.0 Å². The molecule has 2 rings (SSSR count). The lowest BCUT2D eigenvalue weighted by atomic mass is 10.0. The standard InChI is InChI=1S/C28H39N3O6/c1-6-7-11-18-31(26(34)23(19-32)30-27(35)37-28(2,3)4)24(20-12-9-8-10-13-20)25(33)29-21-14-16-22(36-5)17-15-21/h8-10,12-17,23-24,32H,6-7,11,18-19H2,1-5H3,(H,29,33)(H,30,35). The van der Waals surface area contributed by atoms with Gasteiger partial charge < -0.3 is 30.1 Å². The van der Waals surface area contributed by atoms with Gasteiger partial charge in [-0.05, 0) is 57.0 Å². The number of anilines is 1. The Hall–Kier alpha value is -3.59. The molecule has 0 aliphatic carbocycles. The molecule has 3 N–H and O–H groups in total. The fraction of sp³-hybridized carbons (Fsp3) is 0.464. The summed E-state index contributed by atoms with van der Waals surface area (Å²) in [7, 11) is 1.56. The summed E-state index contributed by atoms with van der Waals surface area (Å²) >= 11 is 0. The van der Waals surface area contributed by atoms with E-state index in [1.54, 1.807) is 76.4 Å². The Labute approximate surface area is 219 Å². The van der Waals surface area contributed by atoms with Crippen molar-refractivity contribution in [2.75, 3.05) is 25.6 Å². The van der Waals surface area contributed by atoms with Crippen molar-refractivity contribution in [3.63, 3.8) is 0 Å². The zero-order chi connectivity index (χ0) is 27.4. The number of hydrogen-bond acceptors (Lipinski definition) is 6. The first kappa shape index (κ1) is 29.6. The molecule has 2 aromatic carbocycles. The summed E-state index contributed by atoms with van der Waals surface area (Å²) in [6.07, 6.45) is 1.57. The van der Waals surface area contributed by atoms with Gasteiger partial charge in [0.2, 0.25) is 5.91 Å². The highest BCUT2D eigenvalue weighted by molar-refractivity contribution is 5.99. The minimum atomic E-state index is -1.28. The van der Waals surface area contributed by atoms with E-state index in [-0.39, 0.29) is 6.54 Å². The van der Waals surface area contributed by atoms with Crippen LogP contribution in [0, 0.1) is 0 Å². The number of amides is 3. The first-order valence-electron chi connectivity index (χ1n) is 12.5. The van der Waals surface area contributed by atoms with Gasteiger partial charge in [0.05, 0.1) is 13.7 Å². The lowest BCUT2D eigenvalue weighted by molar-refractivity contribution is -0.141. The van der Waals surface area contributed by atoms with E-state index in [2.05, 4.69) is 10.6 Å². The van der Waals surface area contributed by atoms with Crippen molar-refractivity contribution in [1.82, 2.24) is 10.2 Å². The van der Waals surface area contributed by atoms with Crippen molar-refractivity contribution in [3.05, 3.63) is 60.2 Å². The molecule has 0 radical (unpaired) electrons. The highest BCUT2D eigenvalue weighted by Gasteiger charge is 2.36. The SMILES string of the molecule is CCCCCN(C(=O)C(CO)NC(=O)OC(C)(C)C)C(C(=O)Nc1ccc(OC)cc1)c1ccccc1. The number of benzene rings is 2. The monoisotopic (exact) mass is 513 g/mol. The average Bonchev–Trinajstić information content (AvgIpc) is 2.86. The van der Waals surface area contributed by atoms with Crippen molar-refractivity contribution < 1.29 is 29.0 Å². The summed E-state index contributed by atoms with van der Waals surface area (Å²) in [4.78, 5) is 41.2. The van der Waals surface area contributed by atoms with Gasteiger partial charge in [0, 0.05) is 12.2 Å². The number of alkyl carbamates (subject to hydrolysis) is 1. The first-order chi connectivity index (χ1) is 17.6. The highest BCUT2D eigenvalue weighted by Crippen LogP contribution is 2.26. The maximum absolute atomic E-state index is 13.7. The molecule has 3 amide bonds. The Morgan fingerprint density at radius 2 is 1.65 bits per heavy atom. The average molecular weight is 514 g/mol. The van der Waals surface area contributed by atoms with Gasteiger partial charge in [-0.3, -0.25) is 9.59 Å². The van der Waals surface area contributed by atoms with Crippen LogP contribution in [-0.2, 0) is 14.3 Å². The number of carbonyl (C=O) groups is 3. The van der Waals surface area contributed by atoms with Crippen molar-refractivity contribution in [3.8, 4) is 5.75 Å². The summed E-state index contributed by atoms with van der Waals surface area (Å²) in [5.74, 6) is -0.355. The second-order valence-corrected chi connectivity index (χ2v) is 9.65. The topological polar surface area (TPSA) is 117 Å². The number of ether oxygens (including phenoxy) is 2. The van der Waals surface area contributed by atoms with Crippen LogP contribution in [0.1, 0.15) is 58.6 Å². The predicted octanol–water partition coefficient (Wildman–Crippen LogP) is 4.28. The van der Waals surface area contributed by atoms with Crippen LogP contribution in [0.5, 0.6) is 5.75 Å². The van der Waals surface area contributed by atoms with Gasteiger partial charge in [-0.15, -0.1) is 0 Å². The number of hydrogen-bond donors (Lipinski definition) is 3. The van der Waals surface area contributed by atoms with Crippen LogP contribution < -0.4 is 15.4 Å². The third kappa shape index (κ3) is 9.42. The molecule has 0 saturated carbocycles. The van der Waals surface area contributed by atoms with E-state index in [1.165, 1.54) is 4.90 Å². The fourth-order valence-electron chi connectivity index (χ4n) is 3.73. The lowest BCUT2D eigenvalue weighted by Gasteiger charge is -2.34. The van der Waals surface area contributed by atoms with Gasteiger partial charge >= 0.3 is 6.09 Å². The van der Waals surface area contributed by atoms with Crippen LogP contribution in [0.2, 0.25) is 0 Å². The Kier molecular flexibility index (Phi) is 11.4. The molecule has 2 aromatic rings. The molecular weight excluding hydrogens is 474 g/mol. The number of nitrogens with zero attached hydrogens (tertiary/aromatic N) is 1. The molecule has 37 heavy (non-hydrogen) atoms. The molecule has 2 unspecified atom stereocenters. The number of nitrogens with one attached hydrogen (secondary N) is 2. The van der Waals surface area contributed by atoms with E-state index in [9.17, 15) is 19.5 Å². The minimum absolute atomic E-state index is 0.259. The van der Waals surface area contributed by atoms with Gasteiger partial charge in [-0.2, -0.15) is 0 Å². The Morgan fingerprint density at radius 1 is 1.00 bits per heavy atom. The van der Waals surface area contributed by atoms with E-state index in [0.717, 1.165) is 12.8 Å². The lowest BCUT2D eigenvalue weighted by Crippen LogP contribution is -2.54. The Morgan fingerprint density at radius 3 is 2.19 bits per heavy atom. The van der Waals surface area contributed by atoms with Crippen molar-refractivity contribution in [1.29, 1.82) is 0 Å². The summed E-state index contributed by atoms with van der Waals surface area (Å²) < 4.78 is 10.4. The third-order valence-electron chi connectivity index (χ3n) is 5.49. The number of methoxy groups -OCH3 is 1. The normalized spacial score (nSPS) is 12.7. The highest BCUT2D eigenvalue weighted by atomic mass is 16.6. The molecule has 0 aliphatic heterocycles. The van der Waals surface area contributed by atoms with Crippen LogP contribution in [0.4, 0.5) is 10.5 Å². The number of rotatable bonds is 12. The van der Waals surface area contributed by atoms with Crippen molar-refractivity contribution >= 4 is 23.6 Å². The molecule has 0 aromatic heterocycles. The maximum atomic E-state index is 13.7. The van der Waals surface area contributed by atoms with Crippen molar-refractivity contribution in [2.45, 2.75) is 64.6 Å². The van der Waals surface area contributed by atoms with E-state index >= 15 is 0 Å². The van der Waals surface area contributed by atoms with Crippen LogP contribution in [0.25, 0.3) is 0 Å². The van der Waals surface area contributed by atoms with Crippen LogP contribution in [-0.4, -0.2) is 59.8 Å². The first-order valence-corrected chi connectivity index (χ1v) is 12.5. The fourth-order valence-corrected chi connectivity index (χ4v) is 3.73. The Balaban J connectivity index is 2.40. The number of carbonyl (C=O) groups excluding carboxylic acids is 3. The molecule has 0 spiro atoms. The van der Waals surface area contributed by atoms with Gasteiger partial charge in [0.1, 0.15) is 23.4 Å². The second-order valence-electron chi connectivity index (χ2n) is 9.65. The third-order valence-corrected chi connectivity index (χ3v) is 5.49. The smallest absolute Gasteiger partial charge is 0.408 e. The van der Waals surface area contributed by atoms with E-state index < -0.39 is 42.2 Å². The largest absolute Gasteiger partial charge is 0.497 e. The molecule has 0 saturated heterocycles. The molecule has 9 nitrogen and oxygen atoms in total. The molecule has 0 bridgehead atoms. The predicted molar refractivity (Wildman–Crippen MR) is 142 cm³/mol. The molecule has 2 atom stereocenters. The number of aliphatic hydroxyl groups excluding tert-OH is 1. The molecule has 0 aliphatic rings. The zero-order valence-corrected chi connectivity index (χ0v) is 22.3. The summed E-state index contributed by atoms with van der Waals surface area (Å²) in [5, 5.41) is 15.3. The van der Waals surface area contributed by atoms with Crippen molar-refractivity contribution in [2.24, 2.45) is 0 Å². The van der Waals surface area contributed by atoms with Gasteiger partial charge in [0.25, 0.3) is 5.91 Å². The van der Waals surface area contributed by atoms with Gasteiger partial charge in [-0.1, -0.05) is 50.1 Å². The molecule has 0 fully saturated rings. The summed E-state index contributed by atoms with van der Waals surface area (Å²) in [6, 6.07) is 13.5. The van der Waals surface area contributed by atoms with Gasteiger partial charge in [-0.25, -0.2) is 4.79 Å². The van der Waals surface area contributed by atoms with E-state index in [4.69, 9.17) is 9.47 Å². The molecule has 9 heteroatoms. The summed E-state index contributed by atoms with van der Waals surface area (Å²) in [5.41, 5.74) is 0.365. The quantitative estimate of drug-likeness (QED) is 0.365. The van der Waals surface area contributed by atoms with Gasteiger partial charge in [0.15, 0.2) is 0 Å². The molecule has 202 valence electrons. The summed E-state index contributed by atoms with van der Waals surface area (Å²) in [6.45, 7) is 6.76. The maximum Gasteiger partial charge on any atom is 0.408 e. The van der Waals surface area contributed by atoms with Crippen LogP contribution >= 0.6 is 0 Å². The van der Waals surface area contributed by atoms with Crippen LogP contribution in [0.3, 0.4) is 0 Å². The molecule has 0 heterocycles. The number of aliphatic hydroxyl groups is 1. The van der Waals surface area contributed by atoms with Crippen LogP contribution in [0.15, 0.2) is 54.6 Å². The van der Waals surface area contributed by atoms with E-state index in [0.29, 0.717) is 23.4 Å². The number of unbranched alkanes of at least 4 members (excludes halogenated alkanes) is 2.